The number of rotatable bonds is 5. The fourth-order valence-electron chi connectivity index (χ4n) is 3.96. The highest BCUT2D eigenvalue weighted by Gasteiger charge is 2.38. The lowest BCUT2D eigenvalue weighted by atomic mass is 9.95. The van der Waals surface area contributed by atoms with Crippen LogP contribution >= 0.6 is 0 Å². The molecule has 2 N–H and O–H groups in total. The number of carbonyl (C=O) groups is 1. The first-order valence-corrected chi connectivity index (χ1v) is 9.92. The molecule has 0 radical (unpaired) electrons. The van der Waals surface area contributed by atoms with Gasteiger partial charge >= 0.3 is 0 Å². The summed E-state index contributed by atoms with van der Waals surface area (Å²) in [6.07, 6.45) is 5.75. The van der Waals surface area contributed by atoms with Crippen molar-refractivity contribution in [3.05, 3.63) is 65.9 Å². The number of nitrogens with zero attached hydrogens (tertiary/aromatic N) is 4. The van der Waals surface area contributed by atoms with E-state index in [0.29, 0.717) is 30.2 Å². The SMILES string of the molecule is FC(F)c1ccc(N[C@@H]2C[C@H]3CC[C@@H]2N3)nc1.O=Cc1cccc(F)c1-n1nccn1. The maximum Gasteiger partial charge on any atom is 0.265 e. The third-order valence-electron chi connectivity index (χ3n) is 5.44. The van der Waals surface area contributed by atoms with Gasteiger partial charge in [-0.25, -0.2) is 18.2 Å². The maximum absolute atomic E-state index is 13.3. The molecule has 31 heavy (non-hydrogen) atoms. The largest absolute Gasteiger partial charge is 0.366 e. The third kappa shape index (κ3) is 4.74. The second-order valence-electron chi connectivity index (χ2n) is 7.43. The molecule has 4 heterocycles. The summed E-state index contributed by atoms with van der Waals surface area (Å²) in [5.74, 6) is 0.166. The van der Waals surface area contributed by atoms with Gasteiger partial charge in [0.2, 0.25) is 0 Å². The molecule has 162 valence electrons. The van der Waals surface area contributed by atoms with Gasteiger partial charge in [-0.1, -0.05) is 6.07 Å². The molecule has 7 nitrogen and oxygen atoms in total. The second kappa shape index (κ2) is 9.25. The monoisotopic (exact) mass is 430 g/mol. The summed E-state index contributed by atoms with van der Waals surface area (Å²) >= 11 is 0. The van der Waals surface area contributed by atoms with Crippen molar-refractivity contribution in [1.82, 2.24) is 25.3 Å². The number of hydrogen-bond acceptors (Lipinski definition) is 6. The number of fused-ring (bicyclic) bond motifs is 2. The van der Waals surface area contributed by atoms with Crippen molar-refractivity contribution in [3.63, 3.8) is 0 Å². The molecule has 3 atom stereocenters. The minimum absolute atomic E-state index is 0.0263. The summed E-state index contributed by atoms with van der Waals surface area (Å²) in [5.41, 5.74) is 0.273. The Labute approximate surface area is 176 Å². The number of aromatic nitrogens is 4. The van der Waals surface area contributed by atoms with Crippen LogP contribution in [0.1, 0.15) is 41.6 Å². The molecule has 2 aromatic heterocycles. The number of pyridine rings is 1. The molecular formula is C21H21F3N6O. The van der Waals surface area contributed by atoms with Gasteiger partial charge in [-0.05, 0) is 43.5 Å². The predicted molar refractivity (Wildman–Crippen MR) is 108 cm³/mol. The lowest BCUT2D eigenvalue weighted by Gasteiger charge is -2.22. The molecule has 0 aliphatic carbocycles. The predicted octanol–water partition coefficient (Wildman–Crippen LogP) is 3.54. The van der Waals surface area contributed by atoms with Crippen molar-refractivity contribution in [3.8, 4) is 5.69 Å². The van der Waals surface area contributed by atoms with E-state index in [1.54, 1.807) is 6.07 Å². The van der Waals surface area contributed by atoms with E-state index in [0.717, 1.165) is 11.2 Å². The fraction of sp³-hybridized carbons (Fsp3) is 0.333. The molecule has 2 fully saturated rings. The van der Waals surface area contributed by atoms with Crippen LogP contribution in [0.25, 0.3) is 5.69 Å². The molecule has 0 unspecified atom stereocenters. The van der Waals surface area contributed by atoms with Gasteiger partial charge in [0.15, 0.2) is 12.1 Å². The van der Waals surface area contributed by atoms with Crippen LogP contribution in [-0.2, 0) is 0 Å². The molecule has 2 saturated heterocycles. The number of halogens is 3. The first-order valence-electron chi connectivity index (χ1n) is 9.92. The Morgan fingerprint density at radius 2 is 1.97 bits per heavy atom. The van der Waals surface area contributed by atoms with E-state index in [1.807, 2.05) is 0 Å². The lowest BCUT2D eigenvalue weighted by Crippen LogP contribution is -2.33. The number of benzene rings is 1. The number of anilines is 1. The van der Waals surface area contributed by atoms with E-state index in [4.69, 9.17) is 0 Å². The maximum atomic E-state index is 13.3. The highest BCUT2D eigenvalue weighted by atomic mass is 19.3. The first kappa shape index (κ1) is 21.0. The van der Waals surface area contributed by atoms with E-state index in [-0.39, 0.29) is 16.8 Å². The van der Waals surface area contributed by atoms with Crippen LogP contribution in [0.3, 0.4) is 0 Å². The minimum atomic E-state index is -2.44. The zero-order chi connectivity index (χ0) is 21.8. The minimum Gasteiger partial charge on any atom is -0.366 e. The van der Waals surface area contributed by atoms with E-state index in [2.05, 4.69) is 25.8 Å². The van der Waals surface area contributed by atoms with Gasteiger partial charge in [-0.3, -0.25) is 4.79 Å². The molecule has 2 aliphatic heterocycles. The Morgan fingerprint density at radius 3 is 2.55 bits per heavy atom. The smallest absolute Gasteiger partial charge is 0.265 e. The number of aldehydes is 1. The number of alkyl halides is 2. The van der Waals surface area contributed by atoms with Crippen LogP contribution in [0.4, 0.5) is 19.0 Å². The molecule has 0 saturated carbocycles. The second-order valence-corrected chi connectivity index (χ2v) is 7.43. The zero-order valence-corrected chi connectivity index (χ0v) is 16.5. The summed E-state index contributed by atoms with van der Waals surface area (Å²) in [7, 11) is 0. The van der Waals surface area contributed by atoms with Crippen LogP contribution in [0.5, 0.6) is 0 Å². The van der Waals surface area contributed by atoms with Crippen LogP contribution in [0.2, 0.25) is 0 Å². The Balaban J connectivity index is 0.000000152. The van der Waals surface area contributed by atoms with Gasteiger partial charge in [-0.15, -0.1) is 4.80 Å². The summed E-state index contributed by atoms with van der Waals surface area (Å²) in [6.45, 7) is 0. The van der Waals surface area contributed by atoms with E-state index in [9.17, 15) is 18.0 Å². The first-order chi connectivity index (χ1) is 15.0. The number of nitrogens with one attached hydrogen (secondary N) is 2. The van der Waals surface area contributed by atoms with Gasteiger partial charge in [0.05, 0.1) is 12.4 Å². The van der Waals surface area contributed by atoms with Crippen molar-refractivity contribution < 1.29 is 18.0 Å². The molecule has 3 aromatic rings. The van der Waals surface area contributed by atoms with Crippen molar-refractivity contribution in [2.45, 2.75) is 43.8 Å². The third-order valence-corrected chi connectivity index (χ3v) is 5.44. The molecule has 0 spiro atoms. The molecule has 0 amide bonds. The summed E-state index contributed by atoms with van der Waals surface area (Å²) in [4.78, 5) is 15.7. The van der Waals surface area contributed by atoms with Gasteiger partial charge in [0, 0.05) is 35.4 Å². The Hall–Kier alpha value is -3.27. The van der Waals surface area contributed by atoms with Gasteiger partial charge in [0.25, 0.3) is 6.43 Å². The van der Waals surface area contributed by atoms with E-state index >= 15 is 0 Å². The van der Waals surface area contributed by atoms with E-state index in [1.165, 1.54) is 55.7 Å². The highest BCUT2D eigenvalue weighted by molar-refractivity contribution is 5.80. The van der Waals surface area contributed by atoms with Crippen molar-refractivity contribution in [2.75, 3.05) is 5.32 Å². The Bertz CT molecular complexity index is 1010. The normalized spacial score (nSPS) is 21.6. The highest BCUT2D eigenvalue weighted by Crippen LogP contribution is 2.30. The van der Waals surface area contributed by atoms with Crippen LogP contribution in [0.15, 0.2) is 48.9 Å². The quantitative estimate of drug-likeness (QED) is 0.603. The van der Waals surface area contributed by atoms with E-state index < -0.39 is 12.2 Å². The van der Waals surface area contributed by atoms with Crippen molar-refractivity contribution >= 4 is 12.1 Å². The Kier molecular flexibility index (Phi) is 6.26. The number of hydrogen-bond donors (Lipinski definition) is 2. The molecule has 5 rings (SSSR count). The van der Waals surface area contributed by atoms with Crippen LogP contribution in [-0.4, -0.2) is 44.4 Å². The molecular weight excluding hydrogens is 409 g/mol. The van der Waals surface area contributed by atoms with Gasteiger partial charge in [-0.2, -0.15) is 10.2 Å². The standard InChI is InChI=1S/C12H15F2N3.C9H6FN3O/c13-12(14)7-1-4-11(15-6-7)17-10-5-8-2-3-9(10)16-8;10-8-3-1-2-7(6-14)9(8)13-11-4-5-12-13/h1,4,6,8-10,12,16H,2-3,5H2,(H,15,17);1-6H/t8-,9+,10-;/m1./s1. The van der Waals surface area contributed by atoms with Crippen LogP contribution in [0, 0.1) is 5.82 Å². The number of para-hydroxylation sites is 1. The Morgan fingerprint density at radius 1 is 1.16 bits per heavy atom. The molecule has 2 aliphatic rings. The molecule has 1 aromatic carbocycles. The van der Waals surface area contributed by atoms with Crippen molar-refractivity contribution in [1.29, 1.82) is 0 Å². The summed E-state index contributed by atoms with van der Waals surface area (Å²) in [6, 6.07) is 8.81. The van der Waals surface area contributed by atoms with Gasteiger partial charge in [0.1, 0.15) is 11.5 Å². The lowest BCUT2D eigenvalue weighted by molar-refractivity contribution is 0.112. The topological polar surface area (TPSA) is 84.7 Å². The van der Waals surface area contributed by atoms with Crippen molar-refractivity contribution in [2.24, 2.45) is 0 Å². The zero-order valence-electron chi connectivity index (χ0n) is 16.5. The molecule has 10 heteroatoms. The summed E-state index contributed by atoms with van der Waals surface area (Å²) < 4.78 is 38.1. The number of carbonyl (C=O) groups excluding carboxylic acids is 1. The summed E-state index contributed by atoms with van der Waals surface area (Å²) in [5, 5.41) is 14.4. The molecule has 2 bridgehead atoms. The average molecular weight is 430 g/mol. The van der Waals surface area contributed by atoms with Gasteiger partial charge < -0.3 is 10.6 Å². The fourth-order valence-corrected chi connectivity index (χ4v) is 3.96. The van der Waals surface area contributed by atoms with Crippen LogP contribution < -0.4 is 10.6 Å². The average Bonchev–Trinajstić information content (AvgIpc) is 3.53.